The molecule has 4 rings (SSSR count). The molecule has 2 aliphatic rings. The number of likely N-dealkylation sites (tertiary alicyclic amines) is 1. The molecular weight excluding hydrogens is 410 g/mol. The third kappa shape index (κ3) is 3.99. The number of nitrogens with zero attached hydrogens (tertiary/aromatic N) is 3. The van der Waals surface area contributed by atoms with Crippen LogP contribution < -0.4 is 15.2 Å². The maximum Gasteiger partial charge on any atom is 0.258 e. The van der Waals surface area contributed by atoms with E-state index in [1.54, 1.807) is 23.1 Å². The molecule has 0 spiro atoms. The van der Waals surface area contributed by atoms with Gasteiger partial charge in [-0.05, 0) is 48.4 Å². The van der Waals surface area contributed by atoms with E-state index in [0.717, 1.165) is 19.3 Å². The number of carbonyl (C=O) groups is 1. The Morgan fingerprint density at radius 2 is 2.17 bits per heavy atom. The van der Waals surface area contributed by atoms with Gasteiger partial charge in [0.25, 0.3) is 5.91 Å². The van der Waals surface area contributed by atoms with E-state index in [-0.39, 0.29) is 35.7 Å². The molecule has 6 N–H and O–H groups in total. The predicted octanol–water partition coefficient (Wildman–Crippen LogP) is 2.57. The van der Waals surface area contributed by atoms with Crippen molar-refractivity contribution in [2.75, 3.05) is 17.9 Å². The van der Waals surface area contributed by atoms with E-state index in [0.29, 0.717) is 23.5 Å². The number of piperidine rings is 1. The van der Waals surface area contributed by atoms with Crippen LogP contribution >= 0.6 is 11.0 Å². The van der Waals surface area contributed by atoms with Gasteiger partial charge in [-0.2, -0.15) is 0 Å². The molecule has 1 unspecified atom stereocenters. The minimum absolute atomic E-state index is 0.0300. The topological polar surface area (TPSA) is 154 Å². The van der Waals surface area contributed by atoms with Gasteiger partial charge in [-0.3, -0.25) is 23.6 Å². The minimum atomic E-state index is -3.38. The summed E-state index contributed by atoms with van der Waals surface area (Å²) in [6.07, 6.45) is 5.31. The number of anilines is 1. The highest BCUT2D eigenvalue weighted by atomic mass is 32.3. The zero-order valence-corrected chi connectivity index (χ0v) is 16.9. The van der Waals surface area contributed by atoms with Crippen LogP contribution in [-0.4, -0.2) is 55.0 Å². The molecule has 11 heteroatoms. The van der Waals surface area contributed by atoms with Crippen LogP contribution in [0.3, 0.4) is 0 Å². The van der Waals surface area contributed by atoms with E-state index in [2.05, 4.69) is 14.1 Å². The van der Waals surface area contributed by atoms with Gasteiger partial charge in [-0.1, -0.05) is 6.07 Å². The van der Waals surface area contributed by atoms with Crippen LogP contribution in [0, 0.1) is 0 Å². The number of aromatic hydroxyl groups is 1. The summed E-state index contributed by atoms with van der Waals surface area (Å²) in [7, 11) is -3.38. The molecule has 0 aliphatic carbocycles. The molecular formula is C19H23N5O5S. The number of hydrogen-bond donors (Lipinski definition) is 5. The van der Waals surface area contributed by atoms with E-state index in [4.69, 9.17) is 10.5 Å². The number of pyridine rings is 1. The highest BCUT2D eigenvalue weighted by Gasteiger charge is 2.30. The lowest BCUT2D eigenvalue weighted by Crippen LogP contribution is -2.46. The van der Waals surface area contributed by atoms with Crippen LogP contribution in [0.1, 0.15) is 35.2 Å². The fourth-order valence-corrected chi connectivity index (χ4v) is 4.58. The molecule has 10 nitrogen and oxygen atoms in total. The number of benzene rings is 1. The minimum Gasteiger partial charge on any atom is -0.505 e. The van der Waals surface area contributed by atoms with E-state index in [1.807, 2.05) is 0 Å². The summed E-state index contributed by atoms with van der Waals surface area (Å²) in [5, 5.41) is 10.00. The number of nitrogens with two attached hydrogens (primary N) is 1. The number of hydrogen-bond acceptors (Lipinski definition) is 9. The Morgan fingerprint density at radius 1 is 1.33 bits per heavy atom. The lowest BCUT2D eigenvalue weighted by molar-refractivity contribution is 0.0525. The summed E-state index contributed by atoms with van der Waals surface area (Å²) in [6, 6.07) is 6.38. The van der Waals surface area contributed by atoms with E-state index in [9.17, 15) is 19.0 Å². The smallest absolute Gasteiger partial charge is 0.258 e. The molecule has 0 saturated carbocycles. The molecule has 1 atom stereocenters. The van der Waals surface area contributed by atoms with Gasteiger partial charge in [0, 0.05) is 12.7 Å². The second kappa shape index (κ2) is 8.01. The van der Waals surface area contributed by atoms with Crippen molar-refractivity contribution in [3.8, 4) is 11.5 Å². The molecule has 1 aromatic carbocycles. The number of fused-ring (bicyclic) bond motifs is 1. The first-order valence-electron chi connectivity index (χ1n) is 9.47. The third-order valence-corrected chi connectivity index (χ3v) is 6.05. The fourth-order valence-electron chi connectivity index (χ4n) is 3.70. The van der Waals surface area contributed by atoms with Crippen LogP contribution in [0.2, 0.25) is 0 Å². The quantitative estimate of drug-likeness (QED) is 0.493. The summed E-state index contributed by atoms with van der Waals surface area (Å²) in [6.45, 7) is 0.783. The molecule has 30 heavy (non-hydrogen) atoms. The molecule has 160 valence electrons. The zero-order valence-electron chi connectivity index (χ0n) is 16.1. The van der Waals surface area contributed by atoms with Crippen molar-refractivity contribution in [3.63, 3.8) is 0 Å². The number of carbonyl (C=O) groups excluding carboxylic acids is 1. The number of ether oxygens (including phenoxy) is 1. The first-order valence-corrected chi connectivity index (χ1v) is 11.0. The number of aromatic nitrogens is 1. The second-order valence-corrected chi connectivity index (χ2v) is 8.55. The maximum atomic E-state index is 13.0. The number of amidine groups is 1. The van der Waals surface area contributed by atoms with Gasteiger partial charge in [-0.15, -0.1) is 4.40 Å². The van der Waals surface area contributed by atoms with E-state index >= 15 is 0 Å². The third-order valence-electron chi connectivity index (χ3n) is 5.10. The fraction of sp³-hybridized carbons (Fsp3) is 0.316. The summed E-state index contributed by atoms with van der Waals surface area (Å²) in [5.41, 5.74) is 7.00. The Bertz CT molecular complexity index is 999. The highest BCUT2D eigenvalue weighted by molar-refractivity contribution is 8.24. The molecule has 1 amide bonds. The molecule has 0 radical (unpaired) electrons. The van der Waals surface area contributed by atoms with E-state index in [1.165, 1.54) is 18.5 Å². The second-order valence-electron chi connectivity index (χ2n) is 7.13. The zero-order chi connectivity index (χ0) is 21.3. The Kier molecular flexibility index (Phi) is 5.41. The molecule has 2 aromatic rings. The number of amides is 1. The first-order chi connectivity index (χ1) is 14.4. The average molecular weight is 433 g/mol. The largest absolute Gasteiger partial charge is 0.505 e. The van der Waals surface area contributed by atoms with Crippen molar-refractivity contribution in [1.82, 2.24) is 9.88 Å². The normalized spacial score (nSPS) is 21.1. The molecule has 1 fully saturated rings. The average Bonchev–Trinajstić information content (AvgIpc) is 2.71. The lowest BCUT2D eigenvalue weighted by Gasteiger charge is -2.36. The van der Waals surface area contributed by atoms with Crippen molar-refractivity contribution >= 4 is 28.4 Å². The molecule has 0 bridgehead atoms. The van der Waals surface area contributed by atoms with Gasteiger partial charge < -0.3 is 20.5 Å². The molecule has 1 aromatic heterocycles. The monoisotopic (exact) mass is 433 g/mol. The maximum absolute atomic E-state index is 13.0. The number of rotatable bonds is 4. The van der Waals surface area contributed by atoms with Crippen LogP contribution in [0.25, 0.3) is 0 Å². The Balaban J connectivity index is 1.53. The predicted molar refractivity (Wildman–Crippen MR) is 114 cm³/mol. The van der Waals surface area contributed by atoms with Crippen molar-refractivity contribution in [1.29, 1.82) is 0 Å². The molecule has 2 aliphatic heterocycles. The summed E-state index contributed by atoms with van der Waals surface area (Å²) >= 11 is 0. The van der Waals surface area contributed by atoms with Crippen LogP contribution in [-0.2, 0) is 0 Å². The molecule has 1 saturated heterocycles. The Hall–Kier alpha value is -3.02. The molecule has 3 heterocycles. The number of nitrogens with one attached hydrogen (secondary N) is 1. The van der Waals surface area contributed by atoms with Gasteiger partial charge in [0.1, 0.15) is 18.1 Å². The summed E-state index contributed by atoms with van der Waals surface area (Å²) in [5.74, 6) is -0.0209. The van der Waals surface area contributed by atoms with Gasteiger partial charge >= 0.3 is 0 Å². The van der Waals surface area contributed by atoms with Crippen molar-refractivity contribution < 1.29 is 23.7 Å². The first kappa shape index (κ1) is 20.3. The Morgan fingerprint density at radius 3 is 2.97 bits per heavy atom. The summed E-state index contributed by atoms with van der Waals surface area (Å²) < 4.78 is 31.8. The van der Waals surface area contributed by atoms with E-state index < -0.39 is 11.0 Å². The lowest BCUT2D eigenvalue weighted by atomic mass is 10.0. The van der Waals surface area contributed by atoms with Gasteiger partial charge in [0.05, 0.1) is 29.1 Å². The summed E-state index contributed by atoms with van der Waals surface area (Å²) in [4.78, 5) is 18.5. The van der Waals surface area contributed by atoms with Gasteiger partial charge in [-0.25, -0.2) is 0 Å². The van der Waals surface area contributed by atoms with Gasteiger partial charge in [0.2, 0.25) is 0 Å². The van der Waals surface area contributed by atoms with Crippen molar-refractivity contribution in [2.45, 2.75) is 25.3 Å². The van der Waals surface area contributed by atoms with Crippen molar-refractivity contribution in [2.24, 2.45) is 10.1 Å². The SMILES string of the molecule is NC1=NS(O)(O)Nc2cccc(OCC3CCCCN3C(=O)c3ccncc3O)c21. The van der Waals surface area contributed by atoms with Crippen LogP contribution in [0.5, 0.6) is 11.5 Å². The van der Waals surface area contributed by atoms with Crippen LogP contribution in [0.4, 0.5) is 5.69 Å². The standard InChI is InChI=1S/C19H23N5O5S/c20-18-17-14(22-30(27,28)23-18)5-3-6-16(17)29-11-12-4-1-2-9-24(12)19(26)13-7-8-21-10-15(13)25/h3,5-8,10,12,22,25,27-28H,1-2,4,9,11H2,(H2,20,23). The Labute approximate surface area is 175 Å². The van der Waals surface area contributed by atoms with Crippen LogP contribution in [0.15, 0.2) is 41.1 Å². The highest BCUT2D eigenvalue weighted by Crippen LogP contribution is 2.46. The van der Waals surface area contributed by atoms with Crippen molar-refractivity contribution in [3.05, 3.63) is 47.8 Å². The van der Waals surface area contributed by atoms with Gasteiger partial charge in [0.15, 0.2) is 5.84 Å².